The predicted molar refractivity (Wildman–Crippen MR) is 77.3 cm³/mol. The van der Waals surface area contributed by atoms with Crippen LogP contribution in [0.4, 0.5) is 0 Å². The van der Waals surface area contributed by atoms with Gasteiger partial charge in [-0.05, 0) is 40.6 Å². The van der Waals surface area contributed by atoms with Crippen LogP contribution in [0, 0.1) is 11.8 Å². The lowest BCUT2D eigenvalue weighted by atomic mass is 9.83. The molecular formula is C14H18BrN3O. The normalized spacial score (nSPS) is 23.7. The summed E-state index contributed by atoms with van der Waals surface area (Å²) in [6.07, 6.45) is 10.8. The van der Waals surface area contributed by atoms with Crippen molar-refractivity contribution in [2.75, 3.05) is 6.61 Å². The maximum Gasteiger partial charge on any atom is 0.259 e. The summed E-state index contributed by atoms with van der Waals surface area (Å²) in [5.74, 6) is 2.10. The van der Waals surface area contributed by atoms with Gasteiger partial charge in [0.05, 0.1) is 6.61 Å². The van der Waals surface area contributed by atoms with Gasteiger partial charge in [-0.3, -0.25) is 4.40 Å². The molecular weight excluding hydrogens is 306 g/mol. The van der Waals surface area contributed by atoms with E-state index >= 15 is 0 Å². The van der Waals surface area contributed by atoms with E-state index in [2.05, 4.69) is 32.8 Å². The van der Waals surface area contributed by atoms with Crippen molar-refractivity contribution in [1.29, 1.82) is 0 Å². The summed E-state index contributed by atoms with van der Waals surface area (Å²) in [4.78, 5) is 8.68. The van der Waals surface area contributed by atoms with Crippen LogP contribution < -0.4 is 4.74 Å². The number of rotatable bonds is 3. The van der Waals surface area contributed by atoms with Gasteiger partial charge in [-0.25, -0.2) is 9.97 Å². The van der Waals surface area contributed by atoms with Crippen LogP contribution in [-0.2, 0) is 0 Å². The van der Waals surface area contributed by atoms with Gasteiger partial charge in [-0.2, -0.15) is 0 Å². The molecule has 0 spiro atoms. The highest BCUT2D eigenvalue weighted by atomic mass is 79.9. The zero-order valence-electron chi connectivity index (χ0n) is 11.1. The third-order valence-corrected chi connectivity index (χ3v) is 4.20. The molecule has 0 aromatic carbocycles. The molecule has 1 aliphatic rings. The van der Waals surface area contributed by atoms with Crippen molar-refractivity contribution in [3.8, 4) is 5.88 Å². The standard InChI is InChI=1S/C14H18BrN3O/c1-10-3-2-4-11(7-10)9-19-14-13-16-5-6-18(13)8-12(15)17-14/h5-6,8,10-11H,2-4,7,9H2,1H3. The Hall–Kier alpha value is -1.10. The summed E-state index contributed by atoms with van der Waals surface area (Å²) in [5, 5.41) is 0. The highest BCUT2D eigenvalue weighted by molar-refractivity contribution is 9.10. The highest BCUT2D eigenvalue weighted by Gasteiger charge is 2.20. The number of hydrogen-bond donors (Lipinski definition) is 0. The summed E-state index contributed by atoms with van der Waals surface area (Å²) in [7, 11) is 0. The summed E-state index contributed by atoms with van der Waals surface area (Å²) in [6, 6.07) is 0. The summed E-state index contributed by atoms with van der Waals surface area (Å²) < 4.78 is 8.62. The molecule has 0 aliphatic heterocycles. The average Bonchev–Trinajstić information content (AvgIpc) is 2.84. The minimum atomic E-state index is 0.623. The molecule has 2 unspecified atom stereocenters. The van der Waals surface area contributed by atoms with E-state index in [1.807, 2.05) is 16.8 Å². The molecule has 1 aliphatic carbocycles. The predicted octanol–water partition coefficient (Wildman–Crippen LogP) is 3.70. The summed E-state index contributed by atoms with van der Waals surface area (Å²) >= 11 is 3.40. The van der Waals surface area contributed by atoms with E-state index in [1.54, 1.807) is 6.20 Å². The first-order chi connectivity index (χ1) is 9.22. The first kappa shape index (κ1) is 12.9. The molecule has 2 aromatic rings. The summed E-state index contributed by atoms with van der Waals surface area (Å²) in [5.41, 5.74) is 0.784. The molecule has 102 valence electrons. The largest absolute Gasteiger partial charge is 0.475 e. The lowest BCUT2D eigenvalue weighted by Crippen LogP contribution is -2.20. The van der Waals surface area contributed by atoms with E-state index < -0.39 is 0 Å². The average molecular weight is 324 g/mol. The van der Waals surface area contributed by atoms with E-state index in [-0.39, 0.29) is 0 Å². The quantitative estimate of drug-likeness (QED) is 0.864. The molecule has 0 radical (unpaired) electrons. The van der Waals surface area contributed by atoms with Gasteiger partial charge >= 0.3 is 0 Å². The van der Waals surface area contributed by atoms with Crippen molar-refractivity contribution in [1.82, 2.24) is 14.4 Å². The Bertz CT molecular complexity index is 569. The second kappa shape index (κ2) is 5.49. The first-order valence-corrected chi connectivity index (χ1v) is 7.63. The molecule has 19 heavy (non-hydrogen) atoms. The Kier molecular flexibility index (Phi) is 3.73. The molecule has 4 nitrogen and oxygen atoms in total. The topological polar surface area (TPSA) is 39.4 Å². The fourth-order valence-electron chi connectivity index (χ4n) is 2.88. The number of aromatic nitrogens is 3. The fraction of sp³-hybridized carbons (Fsp3) is 0.571. The van der Waals surface area contributed by atoms with Gasteiger partial charge in [0.2, 0.25) is 5.65 Å². The zero-order valence-corrected chi connectivity index (χ0v) is 12.6. The van der Waals surface area contributed by atoms with Crippen LogP contribution >= 0.6 is 15.9 Å². The van der Waals surface area contributed by atoms with Gasteiger partial charge < -0.3 is 4.74 Å². The zero-order chi connectivity index (χ0) is 13.2. The Balaban J connectivity index is 1.72. The maximum absolute atomic E-state index is 5.92. The highest BCUT2D eigenvalue weighted by Crippen LogP contribution is 2.29. The third kappa shape index (κ3) is 2.91. The van der Waals surface area contributed by atoms with Crippen LogP contribution in [0.1, 0.15) is 32.6 Å². The lowest BCUT2D eigenvalue weighted by Gasteiger charge is -2.26. The molecule has 2 atom stereocenters. The van der Waals surface area contributed by atoms with Crippen molar-refractivity contribution in [2.24, 2.45) is 11.8 Å². The number of imidazole rings is 1. The minimum absolute atomic E-state index is 0.623. The Morgan fingerprint density at radius 3 is 3.21 bits per heavy atom. The van der Waals surface area contributed by atoms with Gasteiger partial charge in [0.25, 0.3) is 5.88 Å². The van der Waals surface area contributed by atoms with Crippen molar-refractivity contribution < 1.29 is 4.74 Å². The van der Waals surface area contributed by atoms with Gasteiger partial charge in [-0.1, -0.05) is 19.8 Å². The Morgan fingerprint density at radius 1 is 1.47 bits per heavy atom. The van der Waals surface area contributed by atoms with Gasteiger partial charge in [0.15, 0.2) is 0 Å². The number of fused-ring (bicyclic) bond motifs is 1. The molecule has 2 aromatic heterocycles. The molecule has 2 heterocycles. The van der Waals surface area contributed by atoms with Crippen molar-refractivity contribution in [3.05, 3.63) is 23.2 Å². The second-order valence-corrected chi connectivity index (χ2v) is 6.29. The third-order valence-electron chi connectivity index (χ3n) is 3.81. The summed E-state index contributed by atoms with van der Waals surface area (Å²) in [6.45, 7) is 3.08. The van der Waals surface area contributed by atoms with Crippen LogP contribution in [0.2, 0.25) is 0 Å². The van der Waals surface area contributed by atoms with E-state index in [9.17, 15) is 0 Å². The van der Waals surface area contributed by atoms with Crippen LogP contribution in [-0.4, -0.2) is 21.0 Å². The van der Waals surface area contributed by atoms with Crippen LogP contribution in [0.5, 0.6) is 5.88 Å². The molecule has 0 bridgehead atoms. The van der Waals surface area contributed by atoms with E-state index in [1.165, 1.54) is 25.7 Å². The number of ether oxygens (including phenoxy) is 1. The molecule has 3 rings (SSSR count). The number of halogens is 1. The van der Waals surface area contributed by atoms with Crippen LogP contribution in [0.3, 0.4) is 0 Å². The van der Waals surface area contributed by atoms with Crippen LogP contribution in [0.25, 0.3) is 5.65 Å². The first-order valence-electron chi connectivity index (χ1n) is 6.84. The molecule has 1 fully saturated rings. The molecule has 0 amide bonds. The van der Waals surface area contributed by atoms with Gasteiger partial charge in [0.1, 0.15) is 4.60 Å². The molecule has 5 heteroatoms. The van der Waals surface area contributed by atoms with Gasteiger partial charge in [0, 0.05) is 18.6 Å². The Morgan fingerprint density at radius 2 is 2.37 bits per heavy atom. The monoisotopic (exact) mass is 323 g/mol. The molecule has 0 N–H and O–H groups in total. The van der Waals surface area contributed by atoms with Gasteiger partial charge in [-0.15, -0.1) is 0 Å². The fourth-order valence-corrected chi connectivity index (χ4v) is 3.26. The molecule has 0 saturated heterocycles. The Labute approximate surface area is 121 Å². The van der Waals surface area contributed by atoms with Crippen molar-refractivity contribution in [2.45, 2.75) is 32.6 Å². The van der Waals surface area contributed by atoms with E-state index in [4.69, 9.17) is 4.74 Å². The SMILES string of the molecule is CC1CCCC(COc2nc(Br)cn3ccnc23)C1. The van der Waals surface area contributed by atoms with Crippen molar-refractivity contribution >= 4 is 21.6 Å². The van der Waals surface area contributed by atoms with E-state index in [0.29, 0.717) is 11.8 Å². The second-order valence-electron chi connectivity index (χ2n) is 5.48. The number of nitrogens with zero attached hydrogens (tertiary/aromatic N) is 3. The number of hydrogen-bond acceptors (Lipinski definition) is 3. The molecule has 1 saturated carbocycles. The van der Waals surface area contributed by atoms with Crippen molar-refractivity contribution in [3.63, 3.8) is 0 Å². The maximum atomic E-state index is 5.92. The smallest absolute Gasteiger partial charge is 0.259 e. The van der Waals surface area contributed by atoms with Crippen LogP contribution in [0.15, 0.2) is 23.2 Å². The lowest BCUT2D eigenvalue weighted by molar-refractivity contribution is 0.178. The van der Waals surface area contributed by atoms with E-state index in [0.717, 1.165) is 22.8 Å². The minimum Gasteiger partial charge on any atom is -0.475 e.